The van der Waals surface area contributed by atoms with Crippen LogP contribution in [0.25, 0.3) is 6.08 Å². The van der Waals surface area contributed by atoms with Gasteiger partial charge in [-0.25, -0.2) is 17.9 Å². The Morgan fingerprint density at radius 3 is 1.67 bits per heavy atom. The topological polar surface area (TPSA) is 66.5 Å². The van der Waals surface area contributed by atoms with E-state index in [1.54, 1.807) is 72.8 Å². The third-order valence-electron chi connectivity index (χ3n) is 3.70. The molecule has 0 saturated heterocycles. The number of hydrogen-bond acceptors (Lipinski definition) is 3. The van der Waals surface area contributed by atoms with Crippen LogP contribution < -0.4 is 9.62 Å². The normalized spacial score (nSPS) is 11.3. The molecule has 0 unspecified atom stereocenters. The quantitative estimate of drug-likeness (QED) is 0.709. The summed E-state index contributed by atoms with van der Waals surface area (Å²) in [5.41, 5.74) is 1.84. The average Bonchev–Trinajstić information content (AvgIpc) is 2.69. The molecule has 0 atom stereocenters. The number of hydrogen-bond donors (Lipinski definition) is 1. The molecule has 3 rings (SSSR count). The first-order chi connectivity index (χ1) is 13.1. The summed E-state index contributed by atoms with van der Waals surface area (Å²) < 4.78 is 26.8. The van der Waals surface area contributed by atoms with Gasteiger partial charge in [-0.1, -0.05) is 66.7 Å². The highest BCUT2D eigenvalue weighted by atomic mass is 32.2. The summed E-state index contributed by atoms with van der Waals surface area (Å²) in [6.45, 7) is 0. The minimum absolute atomic E-state index is 0.559. The zero-order chi connectivity index (χ0) is 19.1. The Morgan fingerprint density at radius 2 is 1.19 bits per heavy atom. The zero-order valence-electron chi connectivity index (χ0n) is 14.4. The van der Waals surface area contributed by atoms with E-state index in [9.17, 15) is 13.2 Å². The molecule has 27 heavy (non-hydrogen) atoms. The lowest BCUT2D eigenvalue weighted by atomic mass is 10.2. The van der Waals surface area contributed by atoms with Crippen LogP contribution in [0, 0.1) is 0 Å². The van der Waals surface area contributed by atoms with E-state index in [1.807, 2.05) is 18.2 Å². The molecule has 136 valence electrons. The van der Waals surface area contributed by atoms with Crippen LogP contribution >= 0.6 is 0 Å². The molecule has 0 radical (unpaired) electrons. The predicted molar refractivity (Wildman–Crippen MR) is 108 cm³/mol. The summed E-state index contributed by atoms with van der Waals surface area (Å²) in [5, 5.41) is 0.981. The zero-order valence-corrected chi connectivity index (χ0v) is 15.2. The first-order valence-corrected chi connectivity index (χ1v) is 9.80. The molecule has 2 amide bonds. The van der Waals surface area contributed by atoms with Crippen molar-refractivity contribution in [2.75, 3.05) is 4.90 Å². The summed E-state index contributed by atoms with van der Waals surface area (Å²) in [4.78, 5) is 14.1. The first kappa shape index (κ1) is 18.4. The van der Waals surface area contributed by atoms with Gasteiger partial charge in [0.15, 0.2) is 0 Å². The lowest BCUT2D eigenvalue weighted by Gasteiger charge is -2.22. The van der Waals surface area contributed by atoms with E-state index < -0.39 is 16.1 Å². The van der Waals surface area contributed by atoms with E-state index in [1.165, 1.54) is 11.0 Å². The molecule has 3 aromatic rings. The van der Waals surface area contributed by atoms with Crippen molar-refractivity contribution in [3.63, 3.8) is 0 Å². The van der Waals surface area contributed by atoms with Gasteiger partial charge in [0.25, 0.3) is 10.0 Å². The van der Waals surface area contributed by atoms with Gasteiger partial charge in [-0.15, -0.1) is 0 Å². The molecule has 0 saturated carbocycles. The van der Waals surface area contributed by atoms with Gasteiger partial charge >= 0.3 is 6.03 Å². The van der Waals surface area contributed by atoms with E-state index in [-0.39, 0.29) is 0 Å². The largest absolute Gasteiger partial charge is 0.340 e. The van der Waals surface area contributed by atoms with Crippen molar-refractivity contribution >= 4 is 33.5 Å². The highest BCUT2D eigenvalue weighted by Gasteiger charge is 2.21. The smallest absolute Gasteiger partial charge is 0.262 e. The van der Waals surface area contributed by atoms with Gasteiger partial charge in [0, 0.05) is 0 Å². The van der Waals surface area contributed by atoms with Gasteiger partial charge in [0.05, 0.1) is 16.8 Å². The molecular formula is C21H18N2O3S. The molecule has 6 heteroatoms. The molecule has 1 N–H and O–H groups in total. The van der Waals surface area contributed by atoms with Crippen LogP contribution in [-0.2, 0) is 10.0 Å². The van der Waals surface area contributed by atoms with Gasteiger partial charge in [-0.3, -0.25) is 4.90 Å². The second-order valence-corrected chi connectivity index (χ2v) is 7.24. The second-order valence-electron chi connectivity index (χ2n) is 5.67. The molecule has 0 aliphatic carbocycles. The Labute approximate surface area is 158 Å². The Kier molecular flexibility index (Phi) is 5.68. The summed E-state index contributed by atoms with van der Waals surface area (Å²) in [7, 11) is -3.96. The maximum absolute atomic E-state index is 12.8. The van der Waals surface area contributed by atoms with E-state index in [0.29, 0.717) is 11.4 Å². The van der Waals surface area contributed by atoms with Crippen LogP contribution in [0.5, 0.6) is 0 Å². The maximum Gasteiger partial charge on any atom is 0.340 e. The molecule has 0 aliphatic heterocycles. The Hall–Kier alpha value is -3.38. The van der Waals surface area contributed by atoms with Crippen LogP contribution in [-0.4, -0.2) is 14.4 Å². The molecule has 0 aliphatic rings. The van der Waals surface area contributed by atoms with Crippen molar-refractivity contribution in [3.8, 4) is 0 Å². The van der Waals surface area contributed by atoms with Crippen LogP contribution in [0.3, 0.4) is 0 Å². The van der Waals surface area contributed by atoms with Gasteiger partial charge < -0.3 is 0 Å². The van der Waals surface area contributed by atoms with Gasteiger partial charge in [0.1, 0.15) is 0 Å². The van der Waals surface area contributed by atoms with Crippen LogP contribution in [0.15, 0.2) is 96.4 Å². The highest BCUT2D eigenvalue weighted by Crippen LogP contribution is 2.25. The number of sulfonamides is 1. The molecule has 0 heterocycles. The lowest BCUT2D eigenvalue weighted by molar-refractivity contribution is 0.253. The average molecular weight is 378 g/mol. The highest BCUT2D eigenvalue weighted by molar-refractivity contribution is 7.93. The number of rotatable bonds is 5. The fraction of sp³-hybridized carbons (Fsp3) is 0. The second kappa shape index (κ2) is 8.33. The minimum atomic E-state index is -3.96. The van der Waals surface area contributed by atoms with Crippen LogP contribution in [0.2, 0.25) is 0 Å². The molecular weight excluding hydrogens is 360 g/mol. The van der Waals surface area contributed by atoms with Crippen LogP contribution in [0.1, 0.15) is 5.56 Å². The number of nitrogens with zero attached hydrogens (tertiary/aromatic N) is 1. The molecule has 0 aromatic heterocycles. The third-order valence-corrected chi connectivity index (χ3v) is 4.65. The molecule has 3 aromatic carbocycles. The number of carbonyl (C=O) groups is 1. The van der Waals surface area contributed by atoms with E-state index in [0.717, 1.165) is 11.0 Å². The number of anilines is 2. The fourth-order valence-corrected chi connectivity index (χ4v) is 3.21. The SMILES string of the molecule is O=C(NS(=O)(=O)C=Cc1ccccc1)N(c1ccccc1)c1ccccc1. The lowest BCUT2D eigenvalue weighted by Crippen LogP contribution is -2.39. The standard InChI is InChI=1S/C21H18N2O3S/c24-21(22-27(25,26)17-16-18-10-4-1-5-11-18)23(19-12-6-2-7-13-19)20-14-8-3-9-15-20/h1-17H,(H,22,24). The molecule has 5 nitrogen and oxygen atoms in total. The Balaban J connectivity index is 1.85. The van der Waals surface area contributed by atoms with Crippen LogP contribution in [0.4, 0.5) is 16.2 Å². The minimum Gasteiger partial charge on any atom is -0.262 e. The molecule has 0 fully saturated rings. The molecule has 0 bridgehead atoms. The van der Waals surface area contributed by atoms with E-state index in [4.69, 9.17) is 0 Å². The van der Waals surface area contributed by atoms with Crippen molar-refractivity contribution < 1.29 is 13.2 Å². The summed E-state index contributed by atoms with van der Waals surface area (Å²) in [5.74, 6) is 0. The van der Waals surface area contributed by atoms with Crippen molar-refractivity contribution in [3.05, 3.63) is 102 Å². The summed E-state index contributed by atoms with van der Waals surface area (Å²) in [6.07, 6.45) is 1.44. The monoisotopic (exact) mass is 378 g/mol. The number of amides is 2. The fourth-order valence-electron chi connectivity index (χ4n) is 2.47. The van der Waals surface area contributed by atoms with Crippen molar-refractivity contribution in [2.24, 2.45) is 0 Å². The Bertz CT molecular complexity index is 979. The first-order valence-electron chi connectivity index (χ1n) is 8.25. The molecule has 0 spiro atoms. The van der Waals surface area contributed by atoms with Gasteiger partial charge in [-0.05, 0) is 35.9 Å². The van der Waals surface area contributed by atoms with Gasteiger partial charge in [-0.2, -0.15) is 0 Å². The number of nitrogens with one attached hydrogen (secondary N) is 1. The predicted octanol–water partition coefficient (Wildman–Crippen LogP) is 4.54. The number of para-hydroxylation sites is 2. The Morgan fingerprint density at radius 1 is 0.741 bits per heavy atom. The van der Waals surface area contributed by atoms with E-state index in [2.05, 4.69) is 4.72 Å². The number of urea groups is 1. The van der Waals surface area contributed by atoms with E-state index >= 15 is 0 Å². The van der Waals surface area contributed by atoms with Crippen molar-refractivity contribution in [1.82, 2.24) is 4.72 Å². The number of benzene rings is 3. The number of carbonyl (C=O) groups excluding carboxylic acids is 1. The van der Waals surface area contributed by atoms with Crippen molar-refractivity contribution in [1.29, 1.82) is 0 Å². The maximum atomic E-state index is 12.8. The van der Waals surface area contributed by atoms with Crippen molar-refractivity contribution in [2.45, 2.75) is 0 Å². The van der Waals surface area contributed by atoms with Gasteiger partial charge in [0.2, 0.25) is 0 Å². The third kappa shape index (κ3) is 5.05. The summed E-state index contributed by atoms with van der Waals surface area (Å²) >= 11 is 0. The summed E-state index contributed by atoms with van der Waals surface area (Å²) in [6, 6.07) is 25.9.